The van der Waals surface area contributed by atoms with Crippen molar-refractivity contribution in [2.45, 2.75) is 24.3 Å². The maximum absolute atomic E-state index is 12.2. The molecule has 1 aromatic carbocycles. The summed E-state index contributed by atoms with van der Waals surface area (Å²) in [6, 6.07) is 7.96. The summed E-state index contributed by atoms with van der Waals surface area (Å²) in [5.41, 5.74) is 2.16. The van der Waals surface area contributed by atoms with E-state index in [-0.39, 0.29) is 4.63 Å². The van der Waals surface area contributed by atoms with E-state index in [9.17, 15) is 3.67 Å². The van der Waals surface area contributed by atoms with Crippen LogP contribution in [0.4, 0.5) is 0 Å². The second-order valence-electron chi connectivity index (χ2n) is 5.38. The van der Waals surface area contributed by atoms with Gasteiger partial charge < -0.3 is 0 Å². The molecular weight excluding hydrogens is 310 g/mol. The van der Waals surface area contributed by atoms with Gasteiger partial charge in [-0.1, -0.05) is 0 Å². The molecule has 0 heterocycles. The minimum atomic E-state index is -3.84. The summed E-state index contributed by atoms with van der Waals surface area (Å²) in [5, 5.41) is 1.21. The normalized spacial score (nSPS) is 20.1. The molecule has 0 radical (unpaired) electrons. The molecule has 1 aromatic rings. The van der Waals surface area contributed by atoms with Gasteiger partial charge in [-0.2, -0.15) is 0 Å². The zero-order valence-corrected chi connectivity index (χ0v) is 14.0. The van der Waals surface area contributed by atoms with Gasteiger partial charge in [0, 0.05) is 0 Å². The van der Waals surface area contributed by atoms with Crippen LogP contribution in [0, 0.1) is 0 Å². The summed E-state index contributed by atoms with van der Waals surface area (Å²) < 4.78 is 12.0. The second-order valence-corrected chi connectivity index (χ2v) is 17.7. The average Bonchev–Trinajstić information content (AvgIpc) is 2.54. The number of hydrogen-bond acceptors (Lipinski definition) is 1. The van der Waals surface area contributed by atoms with E-state index in [2.05, 4.69) is 25.7 Å². The van der Waals surface area contributed by atoms with E-state index in [0.29, 0.717) is 0 Å². The van der Waals surface area contributed by atoms with Crippen molar-refractivity contribution in [1.82, 2.24) is 0 Å². The molecule has 1 aliphatic carbocycles. The monoisotopic (exact) mass is 324 g/mol. The van der Waals surface area contributed by atoms with Gasteiger partial charge in [0.2, 0.25) is 0 Å². The van der Waals surface area contributed by atoms with Crippen LogP contribution in [0.3, 0.4) is 0 Å². The first-order valence-corrected chi connectivity index (χ1v) is 14.2. The molecule has 0 amide bonds. The summed E-state index contributed by atoms with van der Waals surface area (Å²) in [7, 11) is 10.5. The Morgan fingerprint density at radius 3 is 2.29 bits per heavy atom. The van der Waals surface area contributed by atoms with Gasteiger partial charge >= 0.3 is 114 Å². The van der Waals surface area contributed by atoms with Gasteiger partial charge in [-0.15, -0.1) is 0 Å². The number of rotatable bonds is 2. The molecule has 1 aliphatic rings. The zero-order valence-electron chi connectivity index (χ0n) is 10.1. The van der Waals surface area contributed by atoms with E-state index in [1.807, 2.05) is 24.3 Å². The van der Waals surface area contributed by atoms with Crippen molar-refractivity contribution in [2.75, 3.05) is 0 Å². The molecule has 5 heteroatoms. The minimum absolute atomic E-state index is 0.237. The summed E-state index contributed by atoms with van der Waals surface area (Å²) >= 11 is -3.84. The Morgan fingerprint density at radius 2 is 1.76 bits per heavy atom. The Hall–Kier alpha value is 0.141. The van der Waals surface area contributed by atoms with Crippen LogP contribution in [0.25, 0.3) is 6.08 Å². The summed E-state index contributed by atoms with van der Waals surface area (Å²) in [5.74, 6) is 0. The molecule has 0 N–H and O–H groups in total. The van der Waals surface area contributed by atoms with Crippen LogP contribution >= 0.6 is 19.7 Å². The molecular formula is C12H15Cl2OSiV. The number of allylic oxidation sites excluding steroid dienone is 1. The maximum atomic E-state index is 12.2. The van der Waals surface area contributed by atoms with Gasteiger partial charge in [0.25, 0.3) is 0 Å². The van der Waals surface area contributed by atoms with Crippen molar-refractivity contribution in [3.63, 3.8) is 0 Å². The number of fused-ring (bicyclic) bond motifs is 1. The topological polar surface area (TPSA) is 17.1 Å². The molecule has 2 rings (SSSR count). The van der Waals surface area contributed by atoms with Gasteiger partial charge in [0.05, 0.1) is 0 Å². The van der Waals surface area contributed by atoms with E-state index in [4.69, 9.17) is 19.7 Å². The molecule has 1 nitrogen and oxygen atoms in total. The van der Waals surface area contributed by atoms with E-state index in [1.54, 1.807) is 0 Å². The quantitative estimate of drug-likeness (QED) is 0.713. The molecule has 1 atom stereocenters. The summed E-state index contributed by atoms with van der Waals surface area (Å²) in [4.78, 5) is 0. The van der Waals surface area contributed by atoms with Crippen LogP contribution < -0.4 is 0 Å². The van der Waals surface area contributed by atoms with E-state index in [0.717, 1.165) is 11.1 Å². The van der Waals surface area contributed by atoms with Crippen LogP contribution in [-0.2, 0) is 15.7 Å². The Kier molecular flexibility index (Phi) is 3.48. The van der Waals surface area contributed by atoms with Crippen LogP contribution in [0.15, 0.2) is 29.5 Å². The third-order valence-electron chi connectivity index (χ3n) is 3.06. The Balaban J connectivity index is 2.61. The molecule has 0 saturated heterocycles. The first-order valence-electron chi connectivity index (χ1n) is 5.51. The first kappa shape index (κ1) is 13.6. The third kappa shape index (κ3) is 2.61. The standard InChI is InChI=1S/C12H15Si.2ClH.O.V/c1-13(2,3)12-8-10-6-4-5-7-11(10)9-12;;;;/h4-9H,1-3H3;2*1H;;/q;;;;+2/p-2. The van der Waals surface area contributed by atoms with Crippen LogP contribution in [0.5, 0.6) is 0 Å². The van der Waals surface area contributed by atoms with E-state index >= 15 is 0 Å². The molecule has 1 unspecified atom stereocenters. The van der Waals surface area contributed by atoms with E-state index in [1.165, 1.54) is 5.20 Å². The van der Waals surface area contributed by atoms with Crippen molar-refractivity contribution in [1.29, 1.82) is 0 Å². The van der Waals surface area contributed by atoms with Gasteiger partial charge in [-0.3, -0.25) is 0 Å². The fourth-order valence-corrected chi connectivity index (χ4v) is 10.3. The SMILES string of the molecule is C[Si](C)(C)C1=Cc2ccccc2[CH]1[V](=[O])([Cl])[Cl]. The fraction of sp³-hybridized carbons (Fsp3) is 0.333. The predicted octanol–water partition coefficient (Wildman–Crippen LogP) is 4.81. The Morgan fingerprint density at radius 1 is 1.18 bits per heavy atom. The van der Waals surface area contributed by atoms with Crippen molar-refractivity contribution >= 4 is 33.8 Å². The average molecular weight is 325 g/mol. The fourth-order valence-electron chi connectivity index (χ4n) is 2.26. The number of hydrogen-bond donors (Lipinski definition) is 0. The van der Waals surface area contributed by atoms with Crippen molar-refractivity contribution < 1.29 is 15.7 Å². The molecule has 0 aliphatic heterocycles. The molecule has 0 aromatic heterocycles. The van der Waals surface area contributed by atoms with E-state index < -0.39 is 20.1 Å². The predicted molar refractivity (Wildman–Crippen MR) is 72.9 cm³/mol. The molecule has 0 bridgehead atoms. The molecule has 17 heavy (non-hydrogen) atoms. The Bertz CT molecular complexity index is 528. The van der Waals surface area contributed by atoms with Crippen LogP contribution in [0.1, 0.15) is 15.8 Å². The van der Waals surface area contributed by atoms with Crippen molar-refractivity contribution in [3.05, 3.63) is 40.6 Å². The number of benzene rings is 1. The van der Waals surface area contributed by atoms with Crippen molar-refractivity contribution in [2.24, 2.45) is 0 Å². The van der Waals surface area contributed by atoms with Crippen LogP contribution in [0.2, 0.25) is 19.6 Å². The van der Waals surface area contributed by atoms with Gasteiger partial charge in [0.1, 0.15) is 0 Å². The van der Waals surface area contributed by atoms with Crippen LogP contribution in [-0.4, -0.2) is 8.07 Å². The molecule has 0 spiro atoms. The van der Waals surface area contributed by atoms with Crippen molar-refractivity contribution in [3.8, 4) is 0 Å². The van der Waals surface area contributed by atoms with Gasteiger partial charge in [0.15, 0.2) is 0 Å². The second kappa shape index (κ2) is 4.36. The molecule has 92 valence electrons. The number of halogens is 2. The first-order chi connectivity index (χ1) is 7.71. The summed E-state index contributed by atoms with van der Waals surface area (Å²) in [6.07, 6.45) is 2.14. The summed E-state index contributed by atoms with van der Waals surface area (Å²) in [6.45, 7) is 6.70. The molecule has 0 saturated carbocycles. The molecule has 0 fully saturated rings. The van der Waals surface area contributed by atoms with Gasteiger partial charge in [-0.25, -0.2) is 0 Å². The zero-order chi connectivity index (χ0) is 12.8. The van der Waals surface area contributed by atoms with Gasteiger partial charge in [-0.05, 0) is 0 Å². The Labute approximate surface area is 114 Å². The third-order valence-corrected chi connectivity index (χ3v) is 9.03.